The second-order valence-electron chi connectivity index (χ2n) is 2.62. The zero-order valence-electron chi connectivity index (χ0n) is 5.50. The van der Waals surface area contributed by atoms with Gasteiger partial charge >= 0.3 is 82.8 Å². The Balaban J connectivity index is 3.72. The molecule has 0 bridgehead atoms. The first kappa shape index (κ1) is 8.95. The predicted octanol–water partition coefficient (Wildman–Crippen LogP) is -1.31. The maximum absolute atomic E-state index is 3.03. The molecule has 0 heterocycles. The molecule has 0 atom stereocenters. The molecule has 0 nitrogen and oxygen atoms in total. The zero-order chi connectivity index (χ0) is 5.91. The summed E-state index contributed by atoms with van der Waals surface area (Å²) < 4.78 is 3.05. The van der Waals surface area contributed by atoms with Crippen molar-refractivity contribution in [2.24, 2.45) is 0 Å². The normalized spacial score (nSPS) is 10.3. The summed E-state index contributed by atoms with van der Waals surface area (Å²) in [5, 5.41) is 0. The summed E-state index contributed by atoms with van der Waals surface area (Å²) in [6, 6.07) is 0. The minimum atomic E-state index is 0.189. The van der Waals surface area contributed by atoms with E-state index < -0.39 is 0 Å². The second kappa shape index (κ2) is 3.88. The van der Waals surface area contributed by atoms with E-state index in [9.17, 15) is 0 Å². The fourth-order valence-electron chi connectivity index (χ4n) is 0.375. The topological polar surface area (TPSA) is 0 Å². The summed E-state index contributed by atoms with van der Waals surface area (Å²) >= 11 is 8.17. The molecule has 0 unspecified atom stereocenters. The predicted molar refractivity (Wildman–Crippen MR) is 33.5 cm³/mol. The van der Waals surface area contributed by atoms with Gasteiger partial charge in [-0.3, -0.25) is 0 Å². The van der Waals surface area contributed by atoms with Crippen LogP contribution in [0.15, 0.2) is 0 Å². The number of rotatable bonds is 0. The Bertz CT molecular complexity index is 100. The summed E-state index contributed by atoms with van der Waals surface area (Å²) in [5.41, 5.74) is 0. The Hall–Kier alpha value is 1.95. The van der Waals surface area contributed by atoms with Crippen molar-refractivity contribution in [3.63, 3.8) is 0 Å². The molecule has 0 spiro atoms. The zero-order valence-corrected chi connectivity index (χ0v) is 5.50. The van der Waals surface area contributed by atoms with E-state index in [4.69, 9.17) is 0 Å². The second-order valence-corrected chi connectivity index (χ2v) is 2.62. The molecule has 0 aromatic heterocycles. The van der Waals surface area contributed by atoms with Crippen LogP contribution in [-0.2, 0) is 0 Å². The molecule has 0 aromatic carbocycles. The molecule has 0 aliphatic rings. The molecule has 0 N–H and O–H groups in total. The summed E-state index contributed by atoms with van der Waals surface area (Å²) in [7, 11) is 0. The first-order chi connectivity index (χ1) is 3.06. The van der Waals surface area contributed by atoms with Gasteiger partial charge in [0.25, 0.3) is 0 Å². The first-order valence-electron chi connectivity index (χ1n) is 2.50. The Morgan fingerprint density at radius 1 is 1.14 bits per heavy atom. The standard InChI is InChI=1S/C3.4Li/c1-3-2;;;;. The van der Waals surface area contributed by atoms with Crippen LogP contribution in [0.5, 0.6) is 0 Å². The van der Waals surface area contributed by atoms with Crippen LogP contribution >= 0.6 is 0 Å². The van der Waals surface area contributed by atoms with E-state index in [-0.39, 0.29) is 1.43 Å². The molecule has 0 saturated heterocycles. The van der Waals surface area contributed by atoms with Gasteiger partial charge in [0.15, 0.2) is 0 Å². The van der Waals surface area contributed by atoms with Crippen LogP contribution in [0.25, 0.3) is 0 Å². The fraction of sp³-hybridized carbons (Fsp3) is 0.333. The van der Waals surface area contributed by atoms with Crippen LogP contribution < -0.4 is 0 Å². The van der Waals surface area contributed by atoms with Gasteiger partial charge in [0, 0.05) is 0 Å². The van der Waals surface area contributed by atoms with Crippen LogP contribution in [0.3, 0.4) is 0 Å². The Morgan fingerprint density at radius 3 is 1.57 bits per heavy atom. The molecule has 0 rings (SSSR count). The van der Waals surface area contributed by atoms with Gasteiger partial charge in [-0.2, -0.15) is 0 Å². The van der Waals surface area contributed by atoms with Crippen molar-refractivity contribution in [1.82, 2.24) is 0 Å². The van der Waals surface area contributed by atoms with Gasteiger partial charge in [0.05, 0.1) is 0 Å². The Kier molecular flexibility index (Phi) is 4.96. The van der Waals surface area contributed by atoms with Crippen molar-refractivity contribution in [2.75, 3.05) is 0 Å². The first-order valence-corrected chi connectivity index (χ1v) is 2.50. The van der Waals surface area contributed by atoms with E-state index in [1.165, 1.54) is 0 Å². The molecule has 0 amide bonds. The minimum absolute atomic E-state index is 0.189. The summed E-state index contributed by atoms with van der Waals surface area (Å²) in [6.07, 6.45) is 0. The van der Waals surface area contributed by atoms with Crippen molar-refractivity contribution in [3.05, 3.63) is 0 Å². The Labute approximate surface area is 81.8 Å². The van der Waals surface area contributed by atoms with E-state index in [1.54, 1.807) is 0 Å². The summed E-state index contributed by atoms with van der Waals surface area (Å²) in [6.45, 7) is 0. The van der Waals surface area contributed by atoms with Crippen LogP contribution in [-0.4, -0.2) is 70.9 Å². The molecule has 4 heteroatoms. The van der Waals surface area contributed by atoms with Gasteiger partial charge < -0.3 is 0 Å². The van der Waals surface area contributed by atoms with Crippen LogP contribution in [0, 0.1) is 10.5 Å². The molecule has 0 aliphatic heterocycles. The van der Waals surface area contributed by atoms with Crippen molar-refractivity contribution in [3.8, 4) is 10.5 Å². The SMILES string of the molecule is [Li][C]#C[C]([Li])([Li])[Li]. The third-order valence-electron chi connectivity index (χ3n) is 0.500. The molecule has 0 radical (unpaired) electrons. The fourth-order valence-corrected chi connectivity index (χ4v) is 0.375. The average molecular weight is 63.8 g/mol. The summed E-state index contributed by atoms with van der Waals surface area (Å²) in [4.78, 5) is 0. The third kappa shape index (κ3) is 7.95. The van der Waals surface area contributed by atoms with E-state index in [1.807, 2.05) is 17.7 Å². The van der Waals surface area contributed by atoms with Crippen LogP contribution in [0.2, 0.25) is 1.43 Å². The third-order valence-corrected chi connectivity index (χ3v) is 0.500. The molecule has 0 aliphatic carbocycles. The monoisotopic (exact) mass is 64.1 g/mol. The van der Waals surface area contributed by atoms with Crippen molar-refractivity contribution in [2.45, 2.75) is 1.43 Å². The molecular formula is C3Li4. The van der Waals surface area contributed by atoms with Gasteiger partial charge in [-0.15, -0.1) is 0 Å². The molecule has 7 heavy (non-hydrogen) atoms. The van der Waals surface area contributed by atoms with Gasteiger partial charge in [0.2, 0.25) is 0 Å². The quantitative estimate of drug-likeness (QED) is 0.242. The van der Waals surface area contributed by atoms with Crippen molar-refractivity contribution < 1.29 is 0 Å². The van der Waals surface area contributed by atoms with Crippen molar-refractivity contribution in [1.29, 1.82) is 0 Å². The van der Waals surface area contributed by atoms with Gasteiger partial charge in [-0.25, -0.2) is 0 Å². The number of hydrogen-bond acceptors (Lipinski definition) is 0. The van der Waals surface area contributed by atoms with Gasteiger partial charge in [-0.05, 0) is 0 Å². The molecular weight excluding hydrogens is 63.8 g/mol. The number of hydrogen-bond donors (Lipinski definition) is 0. The molecule has 0 fully saturated rings. The van der Waals surface area contributed by atoms with E-state index in [2.05, 4.69) is 63.7 Å². The molecule has 0 aromatic rings. The maximum atomic E-state index is 3.03. The molecule has 16 valence electrons. The average Bonchev–Trinajstić information content (AvgIpc) is 1.30. The van der Waals surface area contributed by atoms with Crippen molar-refractivity contribution >= 4 is 70.9 Å². The van der Waals surface area contributed by atoms with E-state index in [0.29, 0.717) is 0 Å². The van der Waals surface area contributed by atoms with E-state index in [0.717, 1.165) is 0 Å². The Morgan fingerprint density at radius 2 is 1.57 bits per heavy atom. The van der Waals surface area contributed by atoms with E-state index >= 15 is 0 Å². The van der Waals surface area contributed by atoms with Gasteiger partial charge in [0.1, 0.15) is 0 Å². The summed E-state index contributed by atoms with van der Waals surface area (Å²) in [5.74, 6) is 3.03. The van der Waals surface area contributed by atoms with Crippen LogP contribution in [0.1, 0.15) is 0 Å². The molecule has 0 saturated carbocycles. The van der Waals surface area contributed by atoms with Crippen LogP contribution in [0.4, 0.5) is 0 Å². The van der Waals surface area contributed by atoms with Gasteiger partial charge in [-0.1, -0.05) is 0 Å².